The molecule has 2 nitrogen and oxygen atoms in total. The van der Waals surface area contributed by atoms with Crippen molar-refractivity contribution in [3.63, 3.8) is 0 Å². The number of piperidine rings is 1. The molecule has 20 heavy (non-hydrogen) atoms. The minimum absolute atomic E-state index is 0.367. The Balaban J connectivity index is 0.000000704. The van der Waals surface area contributed by atoms with Gasteiger partial charge in [0.1, 0.15) is 0 Å². The first-order valence-electron chi connectivity index (χ1n) is 8.08. The highest BCUT2D eigenvalue weighted by atomic mass is 15.1. The van der Waals surface area contributed by atoms with Crippen LogP contribution in [-0.4, -0.2) is 30.7 Å². The summed E-state index contributed by atoms with van der Waals surface area (Å²) < 4.78 is 0. The van der Waals surface area contributed by atoms with Gasteiger partial charge in [-0.25, -0.2) is 0 Å². The molecule has 0 amide bonds. The first-order chi connectivity index (χ1) is 9.73. The predicted molar refractivity (Wildman–Crippen MR) is 88.0 cm³/mol. The van der Waals surface area contributed by atoms with Gasteiger partial charge in [0.2, 0.25) is 0 Å². The summed E-state index contributed by atoms with van der Waals surface area (Å²) in [6.07, 6.45) is 4.85. The molecule has 0 unspecified atom stereocenters. The number of hydrogen-bond donors (Lipinski definition) is 0. The van der Waals surface area contributed by atoms with Gasteiger partial charge in [0, 0.05) is 17.5 Å². The third-order valence-corrected chi connectivity index (χ3v) is 4.84. The number of benzene rings is 1. The Bertz CT molecular complexity index is 468. The Morgan fingerprint density at radius 1 is 1.15 bits per heavy atom. The normalized spacial score (nSPS) is 20.7. The van der Waals surface area contributed by atoms with Crippen LogP contribution in [-0.2, 0) is 6.42 Å². The lowest BCUT2D eigenvalue weighted by molar-refractivity contribution is 0.175. The van der Waals surface area contributed by atoms with E-state index in [1.54, 1.807) is 0 Å². The molecule has 2 heterocycles. The fourth-order valence-corrected chi connectivity index (χ4v) is 3.33. The molecular formula is C18H28N2. The molecule has 1 aromatic carbocycles. The maximum Gasteiger partial charge on any atom is 0.0665 e. The fourth-order valence-electron chi connectivity index (χ4n) is 3.33. The summed E-state index contributed by atoms with van der Waals surface area (Å²) in [6.45, 7) is 8.75. The SMILES string of the molecule is CC.CCC1(C2=Nc3ccccc3C2)CCN(C)CC1. The Kier molecular flexibility index (Phi) is 4.98. The molecule has 1 saturated heterocycles. The second-order valence-electron chi connectivity index (χ2n) is 5.80. The number of para-hydroxylation sites is 1. The predicted octanol–water partition coefficient (Wildman–Crippen LogP) is 4.46. The van der Waals surface area contributed by atoms with Crippen LogP contribution in [0.2, 0.25) is 0 Å². The highest BCUT2D eigenvalue weighted by Gasteiger charge is 2.38. The van der Waals surface area contributed by atoms with Crippen LogP contribution in [0, 0.1) is 5.41 Å². The topological polar surface area (TPSA) is 15.6 Å². The standard InChI is InChI=1S/C16H22N2.C2H6/c1-3-16(8-10-18(2)11-9-16)15-12-13-6-4-5-7-14(13)17-15;1-2/h4-7H,3,8-12H2,1-2H3;1-2H3. The quantitative estimate of drug-likeness (QED) is 0.776. The fraction of sp³-hybridized carbons (Fsp3) is 0.611. The molecule has 2 heteroatoms. The molecule has 0 atom stereocenters. The van der Waals surface area contributed by atoms with Crippen molar-refractivity contribution in [2.75, 3.05) is 20.1 Å². The third kappa shape index (κ3) is 2.80. The van der Waals surface area contributed by atoms with E-state index in [0.29, 0.717) is 5.41 Å². The zero-order chi connectivity index (χ0) is 14.6. The molecule has 2 aliphatic rings. The Morgan fingerprint density at radius 3 is 2.40 bits per heavy atom. The highest BCUT2D eigenvalue weighted by molar-refractivity contribution is 5.98. The van der Waals surface area contributed by atoms with E-state index < -0.39 is 0 Å². The van der Waals surface area contributed by atoms with Crippen molar-refractivity contribution in [3.05, 3.63) is 29.8 Å². The van der Waals surface area contributed by atoms with Crippen LogP contribution in [0.5, 0.6) is 0 Å². The minimum Gasteiger partial charge on any atom is -0.306 e. The first kappa shape index (κ1) is 15.2. The average Bonchev–Trinajstić information content (AvgIpc) is 2.95. The Morgan fingerprint density at radius 2 is 1.80 bits per heavy atom. The summed E-state index contributed by atoms with van der Waals surface area (Å²) in [4.78, 5) is 7.38. The lowest BCUT2D eigenvalue weighted by Gasteiger charge is -2.40. The zero-order valence-corrected chi connectivity index (χ0v) is 13.4. The van der Waals surface area contributed by atoms with Crippen LogP contribution in [0.25, 0.3) is 0 Å². The number of rotatable bonds is 2. The smallest absolute Gasteiger partial charge is 0.0665 e. The van der Waals surface area contributed by atoms with E-state index >= 15 is 0 Å². The van der Waals surface area contributed by atoms with Crippen molar-refractivity contribution in [3.8, 4) is 0 Å². The molecule has 110 valence electrons. The minimum atomic E-state index is 0.367. The number of nitrogens with zero attached hydrogens (tertiary/aromatic N) is 2. The van der Waals surface area contributed by atoms with Gasteiger partial charge in [-0.2, -0.15) is 0 Å². The van der Waals surface area contributed by atoms with Crippen LogP contribution in [0.1, 0.15) is 45.6 Å². The average molecular weight is 272 g/mol. The summed E-state index contributed by atoms with van der Waals surface area (Å²) >= 11 is 0. The molecule has 3 rings (SSSR count). The van der Waals surface area contributed by atoms with Crippen molar-refractivity contribution in [1.82, 2.24) is 4.90 Å². The van der Waals surface area contributed by atoms with E-state index in [9.17, 15) is 0 Å². The van der Waals surface area contributed by atoms with Gasteiger partial charge >= 0.3 is 0 Å². The van der Waals surface area contributed by atoms with E-state index in [-0.39, 0.29) is 0 Å². The van der Waals surface area contributed by atoms with Gasteiger partial charge in [-0.05, 0) is 51.0 Å². The summed E-state index contributed by atoms with van der Waals surface area (Å²) in [5.74, 6) is 0. The van der Waals surface area contributed by atoms with Gasteiger partial charge in [-0.3, -0.25) is 4.99 Å². The van der Waals surface area contributed by atoms with E-state index in [1.165, 1.54) is 49.3 Å². The molecule has 0 radical (unpaired) electrons. The molecule has 0 saturated carbocycles. The summed E-state index contributed by atoms with van der Waals surface area (Å²) in [7, 11) is 2.23. The largest absolute Gasteiger partial charge is 0.306 e. The Labute approximate surface area is 123 Å². The number of fused-ring (bicyclic) bond motifs is 1. The second kappa shape index (κ2) is 6.53. The lowest BCUT2D eigenvalue weighted by Crippen LogP contribution is -2.42. The molecule has 0 aliphatic carbocycles. The van der Waals surface area contributed by atoms with Gasteiger partial charge in [0.25, 0.3) is 0 Å². The summed E-state index contributed by atoms with van der Waals surface area (Å²) in [5.41, 5.74) is 4.43. The van der Waals surface area contributed by atoms with Crippen molar-refractivity contribution >= 4 is 11.4 Å². The van der Waals surface area contributed by atoms with E-state index in [4.69, 9.17) is 4.99 Å². The van der Waals surface area contributed by atoms with Crippen molar-refractivity contribution in [2.45, 2.75) is 46.5 Å². The van der Waals surface area contributed by atoms with Gasteiger partial charge in [-0.15, -0.1) is 0 Å². The first-order valence-corrected chi connectivity index (χ1v) is 8.08. The third-order valence-electron chi connectivity index (χ3n) is 4.84. The van der Waals surface area contributed by atoms with Gasteiger partial charge in [0.05, 0.1) is 5.69 Å². The van der Waals surface area contributed by atoms with Gasteiger partial charge < -0.3 is 4.90 Å². The Hall–Kier alpha value is -1.15. The molecule has 1 fully saturated rings. The van der Waals surface area contributed by atoms with Gasteiger partial charge in [-0.1, -0.05) is 39.0 Å². The second-order valence-corrected chi connectivity index (χ2v) is 5.80. The molecule has 1 aromatic rings. The van der Waals surface area contributed by atoms with Crippen LogP contribution < -0.4 is 0 Å². The zero-order valence-electron chi connectivity index (χ0n) is 13.4. The van der Waals surface area contributed by atoms with Crippen LogP contribution >= 0.6 is 0 Å². The molecule has 0 aromatic heterocycles. The summed E-state index contributed by atoms with van der Waals surface area (Å²) in [5, 5.41) is 0. The van der Waals surface area contributed by atoms with Crippen LogP contribution in [0.15, 0.2) is 29.3 Å². The van der Waals surface area contributed by atoms with Gasteiger partial charge in [0.15, 0.2) is 0 Å². The van der Waals surface area contributed by atoms with Crippen molar-refractivity contribution in [2.24, 2.45) is 10.4 Å². The van der Waals surface area contributed by atoms with E-state index in [0.717, 1.165) is 6.42 Å². The summed E-state index contributed by atoms with van der Waals surface area (Å²) in [6, 6.07) is 8.61. The number of likely N-dealkylation sites (tertiary alicyclic amines) is 1. The monoisotopic (exact) mass is 272 g/mol. The lowest BCUT2D eigenvalue weighted by atomic mass is 9.71. The number of hydrogen-bond acceptors (Lipinski definition) is 2. The maximum atomic E-state index is 4.94. The van der Waals surface area contributed by atoms with Crippen molar-refractivity contribution in [1.29, 1.82) is 0 Å². The van der Waals surface area contributed by atoms with Crippen molar-refractivity contribution < 1.29 is 0 Å². The molecular weight excluding hydrogens is 244 g/mol. The van der Waals surface area contributed by atoms with E-state index in [1.807, 2.05) is 13.8 Å². The molecule has 2 aliphatic heterocycles. The highest BCUT2D eigenvalue weighted by Crippen LogP contribution is 2.41. The van der Waals surface area contributed by atoms with Crippen LogP contribution in [0.3, 0.4) is 0 Å². The molecule has 0 N–H and O–H groups in total. The van der Waals surface area contributed by atoms with E-state index in [2.05, 4.69) is 43.1 Å². The molecule has 0 bridgehead atoms. The van der Waals surface area contributed by atoms with Crippen LogP contribution in [0.4, 0.5) is 5.69 Å². The maximum absolute atomic E-state index is 4.94. The number of aliphatic imine (C=N–C) groups is 1. The molecule has 0 spiro atoms.